The summed E-state index contributed by atoms with van der Waals surface area (Å²) >= 11 is 7.65. The molecule has 0 atom stereocenters. The van der Waals surface area contributed by atoms with Gasteiger partial charge in [0.2, 0.25) is 11.1 Å². The lowest BCUT2D eigenvalue weighted by molar-refractivity contribution is -0.385. The molecule has 2 rings (SSSR count). The van der Waals surface area contributed by atoms with E-state index in [0.717, 1.165) is 0 Å². The number of non-ortho nitro benzene ring substituents is 1. The minimum atomic E-state index is -0.511. The summed E-state index contributed by atoms with van der Waals surface area (Å²) in [6.45, 7) is 3.87. The third-order valence-electron chi connectivity index (χ3n) is 2.79. The molecule has 0 aliphatic heterocycles. The molecule has 0 bridgehead atoms. The number of nitrogens with one attached hydrogen (secondary N) is 1. The molecule has 0 aliphatic rings. The molecule has 0 aliphatic carbocycles. The zero-order valence-corrected chi connectivity index (χ0v) is 16.6. The van der Waals surface area contributed by atoms with Crippen molar-refractivity contribution in [2.75, 3.05) is 11.1 Å². The number of rotatable bonds is 6. The number of tetrazole rings is 1. The molecule has 0 spiro atoms. The van der Waals surface area contributed by atoms with E-state index in [9.17, 15) is 14.9 Å². The molecule has 12 heteroatoms. The Morgan fingerprint density at radius 3 is 2.58 bits per heavy atom. The standard InChI is InChI=1S/C12H12Br2N6O3S/c1-6(2)19-12(16-17-18-19)24-5-10(21)15-11-8(13)3-7(20(22)23)4-9(11)14/h3-4,6H,5H2,1-2H3,(H,15,21). The zero-order valence-electron chi connectivity index (χ0n) is 12.6. The summed E-state index contributed by atoms with van der Waals surface area (Å²) in [6, 6.07) is 2.74. The minimum Gasteiger partial charge on any atom is -0.323 e. The topological polar surface area (TPSA) is 116 Å². The van der Waals surface area contributed by atoms with E-state index >= 15 is 0 Å². The van der Waals surface area contributed by atoms with Crippen molar-refractivity contribution in [2.45, 2.75) is 25.0 Å². The largest absolute Gasteiger partial charge is 0.323 e. The highest BCUT2D eigenvalue weighted by Gasteiger charge is 2.17. The number of thioether (sulfide) groups is 1. The number of amides is 1. The van der Waals surface area contributed by atoms with Crippen molar-refractivity contribution in [1.29, 1.82) is 0 Å². The molecule has 1 N–H and O–H groups in total. The molecule has 0 saturated carbocycles. The van der Waals surface area contributed by atoms with Crippen LogP contribution in [0.4, 0.5) is 11.4 Å². The van der Waals surface area contributed by atoms with Gasteiger partial charge in [0.1, 0.15) is 0 Å². The van der Waals surface area contributed by atoms with Gasteiger partial charge in [-0.15, -0.1) is 5.10 Å². The van der Waals surface area contributed by atoms with Gasteiger partial charge in [-0.05, 0) is 56.1 Å². The highest BCUT2D eigenvalue weighted by Crippen LogP contribution is 2.35. The summed E-state index contributed by atoms with van der Waals surface area (Å²) in [6.07, 6.45) is 0. The molecule has 0 radical (unpaired) electrons. The average molecular weight is 480 g/mol. The van der Waals surface area contributed by atoms with Crippen LogP contribution < -0.4 is 5.32 Å². The predicted octanol–water partition coefficient (Wildman–Crippen LogP) is 3.42. The van der Waals surface area contributed by atoms with E-state index in [1.54, 1.807) is 4.68 Å². The SMILES string of the molecule is CC(C)n1nnnc1SCC(=O)Nc1c(Br)cc([N+](=O)[O-])cc1Br. The van der Waals surface area contributed by atoms with Gasteiger partial charge < -0.3 is 5.32 Å². The van der Waals surface area contributed by atoms with Crippen LogP contribution in [0.3, 0.4) is 0 Å². The van der Waals surface area contributed by atoms with Crippen LogP contribution in [0.25, 0.3) is 0 Å². The monoisotopic (exact) mass is 478 g/mol. The summed E-state index contributed by atoms with van der Waals surface area (Å²) in [5.41, 5.74) is 0.340. The van der Waals surface area contributed by atoms with Gasteiger partial charge in [0.05, 0.1) is 22.4 Å². The average Bonchev–Trinajstić information content (AvgIpc) is 2.97. The fourth-order valence-electron chi connectivity index (χ4n) is 1.69. The van der Waals surface area contributed by atoms with Gasteiger partial charge >= 0.3 is 0 Å². The van der Waals surface area contributed by atoms with E-state index < -0.39 is 4.92 Å². The lowest BCUT2D eigenvalue weighted by atomic mass is 10.3. The van der Waals surface area contributed by atoms with Crippen LogP contribution in [-0.2, 0) is 4.79 Å². The van der Waals surface area contributed by atoms with Crippen LogP contribution in [0.1, 0.15) is 19.9 Å². The quantitative estimate of drug-likeness (QED) is 0.383. The molecule has 128 valence electrons. The summed E-state index contributed by atoms with van der Waals surface area (Å²) in [4.78, 5) is 22.4. The first kappa shape index (κ1) is 18.8. The first-order valence-electron chi connectivity index (χ1n) is 6.63. The molecule has 1 amide bonds. The summed E-state index contributed by atoms with van der Waals surface area (Å²) in [7, 11) is 0. The lowest BCUT2D eigenvalue weighted by Crippen LogP contribution is -2.16. The first-order valence-corrected chi connectivity index (χ1v) is 9.20. The fraction of sp³-hybridized carbons (Fsp3) is 0.333. The Kier molecular flexibility index (Phi) is 6.29. The van der Waals surface area contributed by atoms with Crippen molar-refractivity contribution in [1.82, 2.24) is 20.2 Å². The van der Waals surface area contributed by atoms with Crippen molar-refractivity contribution >= 4 is 60.9 Å². The van der Waals surface area contributed by atoms with E-state index in [2.05, 4.69) is 52.7 Å². The minimum absolute atomic E-state index is 0.0859. The highest BCUT2D eigenvalue weighted by molar-refractivity contribution is 9.11. The summed E-state index contributed by atoms with van der Waals surface area (Å²) < 4.78 is 2.44. The number of nitrogens with zero attached hydrogens (tertiary/aromatic N) is 5. The summed E-state index contributed by atoms with van der Waals surface area (Å²) in [5.74, 6) is -0.184. The molecule has 1 aromatic carbocycles. The predicted molar refractivity (Wildman–Crippen MR) is 96.1 cm³/mol. The van der Waals surface area contributed by atoms with Gasteiger partial charge in [0, 0.05) is 21.1 Å². The van der Waals surface area contributed by atoms with Crippen LogP contribution in [0.15, 0.2) is 26.2 Å². The van der Waals surface area contributed by atoms with Crippen molar-refractivity contribution in [2.24, 2.45) is 0 Å². The van der Waals surface area contributed by atoms with Crippen molar-refractivity contribution in [3.8, 4) is 0 Å². The van der Waals surface area contributed by atoms with Crippen molar-refractivity contribution < 1.29 is 9.72 Å². The zero-order chi connectivity index (χ0) is 17.9. The lowest BCUT2D eigenvalue weighted by Gasteiger charge is -2.10. The van der Waals surface area contributed by atoms with Crippen molar-refractivity contribution in [3.63, 3.8) is 0 Å². The normalized spacial score (nSPS) is 10.9. The second kappa shape index (κ2) is 8.03. The van der Waals surface area contributed by atoms with Gasteiger partial charge in [-0.1, -0.05) is 11.8 Å². The van der Waals surface area contributed by atoms with Crippen LogP contribution in [0.5, 0.6) is 0 Å². The number of benzene rings is 1. The highest BCUT2D eigenvalue weighted by atomic mass is 79.9. The van der Waals surface area contributed by atoms with Crippen LogP contribution >= 0.6 is 43.6 Å². The van der Waals surface area contributed by atoms with Crippen molar-refractivity contribution in [3.05, 3.63) is 31.2 Å². The van der Waals surface area contributed by atoms with Crippen LogP contribution in [-0.4, -0.2) is 36.8 Å². The Hall–Kier alpha value is -1.53. The maximum atomic E-state index is 12.1. The number of hydrogen-bond donors (Lipinski definition) is 1. The maximum Gasteiger partial charge on any atom is 0.271 e. The van der Waals surface area contributed by atoms with E-state index in [-0.39, 0.29) is 23.4 Å². The second-order valence-electron chi connectivity index (χ2n) is 4.88. The number of hydrogen-bond acceptors (Lipinski definition) is 7. The number of nitro groups is 1. The Morgan fingerprint density at radius 1 is 1.42 bits per heavy atom. The molecule has 1 heterocycles. The fourth-order valence-corrected chi connectivity index (χ4v) is 3.86. The Morgan fingerprint density at radius 2 is 2.04 bits per heavy atom. The Labute approximate surface area is 158 Å². The molecule has 9 nitrogen and oxygen atoms in total. The number of anilines is 1. The number of carbonyl (C=O) groups is 1. The van der Waals surface area contributed by atoms with E-state index in [1.807, 2.05) is 13.8 Å². The molecular formula is C12H12Br2N6O3S. The van der Waals surface area contributed by atoms with E-state index in [1.165, 1.54) is 23.9 Å². The second-order valence-corrected chi connectivity index (χ2v) is 7.53. The Balaban J connectivity index is 2.05. The number of nitro benzene ring substituents is 1. The molecule has 1 aromatic heterocycles. The van der Waals surface area contributed by atoms with Gasteiger partial charge in [-0.2, -0.15) is 0 Å². The third-order valence-corrected chi connectivity index (χ3v) is 4.97. The first-order chi connectivity index (χ1) is 11.3. The van der Waals surface area contributed by atoms with Crippen LogP contribution in [0, 0.1) is 10.1 Å². The number of carbonyl (C=O) groups excluding carboxylic acids is 1. The van der Waals surface area contributed by atoms with Gasteiger partial charge in [0.15, 0.2) is 0 Å². The third kappa shape index (κ3) is 4.51. The number of halogens is 2. The van der Waals surface area contributed by atoms with Crippen LogP contribution in [0.2, 0.25) is 0 Å². The molecule has 2 aromatic rings. The molecular weight excluding hydrogens is 468 g/mol. The molecule has 0 unspecified atom stereocenters. The Bertz CT molecular complexity index is 759. The van der Waals surface area contributed by atoms with E-state index in [4.69, 9.17) is 0 Å². The summed E-state index contributed by atoms with van der Waals surface area (Å²) in [5, 5.41) is 25.4. The molecule has 0 saturated heterocycles. The number of aromatic nitrogens is 4. The smallest absolute Gasteiger partial charge is 0.271 e. The van der Waals surface area contributed by atoms with Gasteiger partial charge in [-0.3, -0.25) is 14.9 Å². The van der Waals surface area contributed by atoms with Gasteiger partial charge in [-0.25, -0.2) is 4.68 Å². The maximum absolute atomic E-state index is 12.1. The molecule has 0 fully saturated rings. The molecule has 24 heavy (non-hydrogen) atoms. The van der Waals surface area contributed by atoms with E-state index in [0.29, 0.717) is 19.8 Å². The van der Waals surface area contributed by atoms with Gasteiger partial charge in [0.25, 0.3) is 5.69 Å².